The van der Waals surface area contributed by atoms with Crippen LogP contribution in [0.15, 0.2) is 30.3 Å². The first-order valence-electron chi connectivity index (χ1n) is 10.2. The molecule has 1 amide bonds. The second kappa shape index (κ2) is 6.63. The van der Waals surface area contributed by atoms with Crippen LogP contribution in [-0.4, -0.2) is 84.2 Å². The molecule has 1 aliphatic carbocycles. The van der Waals surface area contributed by atoms with Gasteiger partial charge in [-0.15, -0.1) is 0 Å². The normalized spacial score (nSPS) is 29.5. The Morgan fingerprint density at radius 1 is 1.04 bits per heavy atom. The van der Waals surface area contributed by atoms with E-state index in [1.54, 1.807) is 0 Å². The van der Waals surface area contributed by atoms with E-state index >= 15 is 0 Å². The molecule has 0 bridgehead atoms. The van der Waals surface area contributed by atoms with Gasteiger partial charge in [0.25, 0.3) is 5.91 Å². The van der Waals surface area contributed by atoms with Crippen molar-refractivity contribution >= 4 is 5.91 Å². The van der Waals surface area contributed by atoms with E-state index < -0.39 is 0 Å². The first-order valence-corrected chi connectivity index (χ1v) is 10.2. The molecule has 1 saturated carbocycles. The van der Waals surface area contributed by atoms with Gasteiger partial charge in [-0.25, -0.2) is 0 Å². The molecule has 1 spiro atoms. The number of hydrogen-bond acceptors (Lipinski definition) is 4. The monoisotopic (exact) mass is 355 g/mol. The van der Waals surface area contributed by atoms with E-state index in [1.165, 1.54) is 25.7 Å². The van der Waals surface area contributed by atoms with Crippen molar-refractivity contribution in [2.45, 2.75) is 43.3 Å². The fraction of sp³-hybridized carbons (Fsp3) is 0.667. The van der Waals surface area contributed by atoms with Crippen LogP contribution in [-0.2, 0) is 4.74 Å². The fourth-order valence-electron chi connectivity index (χ4n) is 5.63. The summed E-state index contributed by atoms with van der Waals surface area (Å²) in [6.45, 7) is 6.48. The second-order valence-corrected chi connectivity index (χ2v) is 8.54. The van der Waals surface area contributed by atoms with Gasteiger partial charge >= 0.3 is 0 Å². The maximum absolute atomic E-state index is 13.1. The molecule has 0 radical (unpaired) electrons. The SMILES string of the molecule is O=C(c1ccccc1)N1C[C@@H]2COCCN2C2(C1)CN(C1CCCC1)C2. The van der Waals surface area contributed by atoms with Crippen molar-refractivity contribution in [1.82, 2.24) is 14.7 Å². The average Bonchev–Trinajstić information content (AvgIpc) is 3.19. The van der Waals surface area contributed by atoms with Crippen molar-refractivity contribution in [3.05, 3.63) is 35.9 Å². The van der Waals surface area contributed by atoms with E-state index in [1.807, 2.05) is 30.3 Å². The van der Waals surface area contributed by atoms with E-state index in [4.69, 9.17) is 4.74 Å². The molecule has 3 heterocycles. The van der Waals surface area contributed by atoms with Crippen molar-refractivity contribution in [3.8, 4) is 0 Å². The Bertz CT molecular complexity index is 652. The summed E-state index contributed by atoms with van der Waals surface area (Å²) in [5, 5.41) is 0. The van der Waals surface area contributed by atoms with Crippen LogP contribution in [0.1, 0.15) is 36.0 Å². The number of ether oxygens (including phenoxy) is 1. The molecule has 4 fully saturated rings. The Hall–Kier alpha value is -1.43. The molecular formula is C21H29N3O2. The first-order chi connectivity index (χ1) is 12.8. The van der Waals surface area contributed by atoms with Gasteiger partial charge in [0.2, 0.25) is 0 Å². The highest BCUT2D eigenvalue weighted by Gasteiger charge is 2.56. The lowest BCUT2D eigenvalue weighted by Crippen LogP contribution is -2.81. The van der Waals surface area contributed by atoms with Crippen LogP contribution in [0.3, 0.4) is 0 Å². The lowest BCUT2D eigenvalue weighted by Gasteiger charge is -2.64. The number of carbonyl (C=O) groups is 1. The third-order valence-corrected chi connectivity index (χ3v) is 6.90. The van der Waals surface area contributed by atoms with Crippen LogP contribution >= 0.6 is 0 Å². The smallest absolute Gasteiger partial charge is 0.253 e. The van der Waals surface area contributed by atoms with Crippen LogP contribution in [0.2, 0.25) is 0 Å². The van der Waals surface area contributed by atoms with Gasteiger partial charge < -0.3 is 9.64 Å². The minimum Gasteiger partial charge on any atom is -0.378 e. The number of likely N-dealkylation sites (tertiary alicyclic amines) is 1. The molecule has 5 nitrogen and oxygen atoms in total. The number of rotatable bonds is 2. The number of fused-ring (bicyclic) bond motifs is 2. The van der Waals surface area contributed by atoms with Crippen molar-refractivity contribution in [2.24, 2.45) is 0 Å². The first kappa shape index (κ1) is 16.7. The Balaban J connectivity index is 1.36. The second-order valence-electron chi connectivity index (χ2n) is 8.54. The van der Waals surface area contributed by atoms with E-state index in [9.17, 15) is 4.79 Å². The largest absolute Gasteiger partial charge is 0.378 e. The van der Waals surface area contributed by atoms with Crippen LogP contribution in [0, 0.1) is 0 Å². The highest BCUT2D eigenvalue weighted by atomic mass is 16.5. The van der Waals surface area contributed by atoms with Crippen LogP contribution in [0.5, 0.6) is 0 Å². The standard InChI is InChI=1S/C21H29N3O2/c25-20(17-6-2-1-3-7-17)22-12-19-13-26-11-10-24(19)21(14-22)15-23(16-21)18-8-4-5-9-18/h1-3,6-7,18-19H,4-5,8-16H2/t19-/m1/s1. The summed E-state index contributed by atoms with van der Waals surface area (Å²) in [6, 6.07) is 10.9. The summed E-state index contributed by atoms with van der Waals surface area (Å²) >= 11 is 0. The molecule has 0 aromatic heterocycles. The van der Waals surface area contributed by atoms with E-state index in [2.05, 4.69) is 14.7 Å². The maximum Gasteiger partial charge on any atom is 0.253 e. The number of carbonyl (C=O) groups excluding carboxylic acids is 1. The van der Waals surface area contributed by atoms with Crippen LogP contribution < -0.4 is 0 Å². The molecular weight excluding hydrogens is 326 g/mol. The molecule has 1 aromatic rings. The molecule has 1 atom stereocenters. The molecule has 140 valence electrons. The Morgan fingerprint density at radius 3 is 2.58 bits per heavy atom. The number of morpholine rings is 1. The maximum atomic E-state index is 13.1. The Morgan fingerprint density at radius 2 is 1.81 bits per heavy atom. The molecule has 1 aromatic carbocycles. The number of benzene rings is 1. The van der Waals surface area contributed by atoms with Crippen molar-refractivity contribution in [3.63, 3.8) is 0 Å². The highest BCUT2D eigenvalue weighted by molar-refractivity contribution is 5.94. The molecule has 0 N–H and O–H groups in total. The summed E-state index contributed by atoms with van der Waals surface area (Å²) in [6.07, 6.45) is 5.48. The third kappa shape index (κ3) is 2.77. The van der Waals surface area contributed by atoms with E-state index in [-0.39, 0.29) is 11.4 Å². The predicted molar refractivity (Wildman–Crippen MR) is 100 cm³/mol. The molecule has 5 heteroatoms. The minimum absolute atomic E-state index is 0.139. The number of nitrogens with zero attached hydrogens (tertiary/aromatic N) is 3. The molecule has 0 unspecified atom stereocenters. The molecule has 3 aliphatic heterocycles. The quantitative estimate of drug-likeness (QED) is 0.811. The van der Waals surface area contributed by atoms with Gasteiger partial charge in [0.15, 0.2) is 0 Å². The Labute approximate surface area is 155 Å². The topological polar surface area (TPSA) is 36.0 Å². The van der Waals surface area contributed by atoms with E-state index in [0.717, 1.165) is 57.5 Å². The molecule has 26 heavy (non-hydrogen) atoms. The number of piperazine rings is 1. The number of hydrogen-bond donors (Lipinski definition) is 0. The zero-order chi connectivity index (χ0) is 17.6. The lowest BCUT2D eigenvalue weighted by molar-refractivity contribution is -0.165. The molecule has 4 aliphatic rings. The molecule has 5 rings (SSSR count). The van der Waals surface area contributed by atoms with Gasteiger partial charge in [-0.3, -0.25) is 14.6 Å². The average molecular weight is 355 g/mol. The summed E-state index contributed by atoms with van der Waals surface area (Å²) in [4.78, 5) is 20.5. The van der Waals surface area contributed by atoms with Gasteiger partial charge in [0.05, 0.1) is 24.8 Å². The van der Waals surface area contributed by atoms with Gasteiger partial charge in [-0.1, -0.05) is 31.0 Å². The van der Waals surface area contributed by atoms with E-state index in [0.29, 0.717) is 6.04 Å². The summed E-state index contributed by atoms with van der Waals surface area (Å²) in [5.41, 5.74) is 0.944. The summed E-state index contributed by atoms with van der Waals surface area (Å²) in [7, 11) is 0. The number of amides is 1. The van der Waals surface area contributed by atoms with Crippen molar-refractivity contribution in [1.29, 1.82) is 0 Å². The minimum atomic E-state index is 0.139. The lowest BCUT2D eigenvalue weighted by atomic mass is 9.81. The van der Waals surface area contributed by atoms with Gasteiger partial charge in [0, 0.05) is 44.3 Å². The summed E-state index contributed by atoms with van der Waals surface area (Å²) in [5.74, 6) is 0.175. The van der Waals surface area contributed by atoms with Gasteiger partial charge in [0.1, 0.15) is 0 Å². The highest BCUT2D eigenvalue weighted by Crippen LogP contribution is 2.39. The zero-order valence-corrected chi connectivity index (χ0v) is 15.5. The fourth-order valence-corrected chi connectivity index (χ4v) is 5.63. The predicted octanol–water partition coefficient (Wildman–Crippen LogP) is 1.84. The van der Waals surface area contributed by atoms with Gasteiger partial charge in [-0.05, 0) is 25.0 Å². The van der Waals surface area contributed by atoms with Crippen molar-refractivity contribution < 1.29 is 9.53 Å². The van der Waals surface area contributed by atoms with Gasteiger partial charge in [-0.2, -0.15) is 0 Å². The molecule has 3 saturated heterocycles. The van der Waals surface area contributed by atoms with Crippen LogP contribution in [0.4, 0.5) is 0 Å². The Kier molecular flexibility index (Phi) is 4.26. The summed E-state index contributed by atoms with van der Waals surface area (Å²) < 4.78 is 5.77. The van der Waals surface area contributed by atoms with Crippen LogP contribution in [0.25, 0.3) is 0 Å². The zero-order valence-electron chi connectivity index (χ0n) is 15.5. The van der Waals surface area contributed by atoms with Crippen molar-refractivity contribution in [2.75, 3.05) is 45.9 Å². The third-order valence-electron chi connectivity index (χ3n) is 6.90.